The van der Waals surface area contributed by atoms with Crippen LogP contribution in [0.4, 0.5) is 5.69 Å². The number of anilines is 1. The summed E-state index contributed by atoms with van der Waals surface area (Å²) in [5.74, 6) is 0.423. The van der Waals surface area contributed by atoms with Crippen LogP contribution < -0.4 is 10.1 Å². The summed E-state index contributed by atoms with van der Waals surface area (Å²) in [4.78, 5) is 12.8. The van der Waals surface area contributed by atoms with Crippen molar-refractivity contribution in [3.63, 3.8) is 0 Å². The molecule has 0 radical (unpaired) electrons. The van der Waals surface area contributed by atoms with Gasteiger partial charge in [-0.05, 0) is 73.6 Å². The van der Waals surface area contributed by atoms with Gasteiger partial charge in [0.2, 0.25) is 5.91 Å². The van der Waals surface area contributed by atoms with E-state index in [2.05, 4.69) is 17.4 Å². The molecule has 2 aromatic carbocycles. The first-order valence-corrected chi connectivity index (χ1v) is 12.1. The van der Waals surface area contributed by atoms with Gasteiger partial charge < -0.3 is 19.9 Å². The van der Waals surface area contributed by atoms with Crippen LogP contribution in [0.25, 0.3) is 11.1 Å². The molecule has 2 atom stereocenters. The summed E-state index contributed by atoms with van der Waals surface area (Å²) in [6.45, 7) is 3.11. The maximum atomic E-state index is 12.8. The Morgan fingerprint density at radius 2 is 1.81 bits per heavy atom. The molecule has 2 N–H and O–H groups in total. The van der Waals surface area contributed by atoms with Crippen LogP contribution >= 0.6 is 0 Å². The van der Waals surface area contributed by atoms with E-state index >= 15 is 0 Å². The van der Waals surface area contributed by atoms with Gasteiger partial charge in [-0.1, -0.05) is 43.9 Å². The fourth-order valence-electron chi connectivity index (χ4n) is 4.91. The lowest BCUT2D eigenvalue weighted by Crippen LogP contribution is -2.35. The topological polar surface area (TPSA) is 67.8 Å². The van der Waals surface area contributed by atoms with Gasteiger partial charge in [-0.15, -0.1) is 0 Å². The zero-order chi connectivity index (χ0) is 22.3. The molecule has 0 aromatic heterocycles. The van der Waals surface area contributed by atoms with Gasteiger partial charge in [0.1, 0.15) is 5.75 Å². The lowest BCUT2D eigenvalue weighted by atomic mass is 9.86. The van der Waals surface area contributed by atoms with Crippen molar-refractivity contribution >= 4 is 11.6 Å². The lowest BCUT2D eigenvalue weighted by Gasteiger charge is -2.26. The van der Waals surface area contributed by atoms with Gasteiger partial charge in [-0.2, -0.15) is 0 Å². The zero-order valence-corrected chi connectivity index (χ0v) is 19.0. The van der Waals surface area contributed by atoms with Crippen LogP contribution in [0.1, 0.15) is 63.9 Å². The van der Waals surface area contributed by atoms with Crippen LogP contribution in [0.3, 0.4) is 0 Å². The third kappa shape index (κ3) is 5.70. The highest BCUT2D eigenvalue weighted by atomic mass is 16.5. The van der Waals surface area contributed by atoms with Crippen molar-refractivity contribution in [2.24, 2.45) is 5.92 Å². The molecule has 1 amide bonds. The predicted molar refractivity (Wildman–Crippen MR) is 127 cm³/mol. The monoisotopic (exact) mass is 437 g/mol. The second-order valence-electron chi connectivity index (χ2n) is 9.00. The molecule has 4 rings (SSSR count). The number of nitrogens with one attached hydrogen (secondary N) is 1. The number of aliphatic hydroxyl groups is 1. The van der Waals surface area contributed by atoms with Crippen LogP contribution in [-0.4, -0.2) is 29.8 Å². The van der Waals surface area contributed by atoms with E-state index in [9.17, 15) is 9.90 Å². The van der Waals surface area contributed by atoms with E-state index < -0.39 is 6.10 Å². The molecule has 5 heteroatoms. The van der Waals surface area contributed by atoms with Crippen LogP contribution in [0.5, 0.6) is 5.75 Å². The number of carbonyl (C=O) groups excluding carboxylic acids is 1. The van der Waals surface area contributed by atoms with Gasteiger partial charge in [-0.25, -0.2) is 0 Å². The minimum atomic E-state index is -0.547. The maximum Gasteiger partial charge on any atom is 0.230 e. The summed E-state index contributed by atoms with van der Waals surface area (Å²) in [6.07, 6.45) is 7.88. The van der Waals surface area contributed by atoms with Crippen LogP contribution in [0, 0.1) is 5.92 Å². The van der Waals surface area contributed by atoms with E-state index in [0.717, 1.165) is 60.2 Å². The zero-order valence-electron chi connectivity index (χ0n) is 19.0. The largest absolute Gasteiger partial charge is 0.494 e. The Bertz CT molecular complexity index is 906. The molecule has 2 aliphatic rings. The normalized spacial score (nSPS) is 21.4. The molecule has 2 aliphatic carbocycles. The molecule has 2 fully saturated rings. The fraction of sp³-hybridized carbons (Fsp3) is 0.519. The van der Waals surface area contributed by atoms with Gasteiger partial charge in [-0.3, -0.25) is 4.79 Å². The number of hydrogen-bond donors (Lipinski definition) is 2. The molecule has 0 saturated heterocycles. The van der Waals surface area contributed by atoms with E-state index in [0.29, 0.717) is 25.7 Å². The van der Waals surface area contributed by atoms with Crippen molar-refractivity contribution < 1.29 is 19.4 Å². The Kier molecular flexibility index (Phi) is 7.82. The third-order valence-electron chi connectivity index (χ3n) is 6.67. The second-order valence-corrected chi connectivity index (χ2v) is 9.00. The molecule has 0 bridgehead atoms. The highest BCUT2D eigenvalue weighted by molar-refractivity contribution is 5.93. The highest BCUT2D eigenvalue weighted by Gasteiger charge is 2.29. The van der Waals surface area contributed by atoms with Crippen molar-refractivity contribution in [1.82, 2.24) is 0 Å². The standard InChI is InChI=1S/C27H35NO4/c1-2-31-23-11-7-8-19(17-23)24-15-14-21(16-20(24)18-32-22-9-3-4-10-22)28-27(30)25-12-5-6-13-26(25)29/h7-8,11,14-17,22,25-26,29H,2-6,9-10,12-13,18H2,1H3,(H,28,30). The Morgan fingerprint density at radius 1 is 1.03 bits per heavy atom. The number of aliphatic hydroxyl groups excluding tert-OH is 1. The molecule has 5 nitrogen and oxygen atoms in total. The predicted octanol–water partition coefficient (Wildman–Crippen LogP) is 5.70. The molecule has 2 unspecified atom stereocenters. The molecular weight excluding hydrogens is 402 g/mol. The first-order valence-electron chi connectivity index (χ1n) is 12.1. The average Bonchev–Trinajstić information content (AvgIpc) is 3.32. The number of carbonyl (C=O) groups is 1. The molecule has 2 saturated carbocycles. The number of rotatable bonds is 8. The Labute approximate surface area is 191 Å². The smallest absolute Gasteiger partial charge is 0.230 e. The van der Waals surface area contributed by atoms with Crippen molar-refractivity contribution in [3.8, 4) is 16.9 Å². The van der Waals surface area contributed by atoms with Crippen molar-refractivity contribution in [1.29, 1.82) is 0 Å². The minimum Gasteiger partial charge on any atom is -0.494 e. The Morgan fingerprint density at radius 3 is 2.59 bits per heavy atom. The van der Waals surface area contributed by atoms with Gasteiger partial charge in [0.15, 0.2) is 0 Å². The SMILES string of the molecule is CCOc1cccc(-c2ccc(NC(=O)C3CCCCC3O)cc2COC2CCCC2)c1. The molecule has 32 heavy (non-hydrogen) atoms. The van der Waals surface area contributed by atoms with Crippen molar-refractivity contribution in [2.75, 3.05) is 11.9 Å². The van der Waals surface area contributed by atoms with E-state index in [4.69, 9.17) is 9.47 Å². The van der Waals surface area contributed by atoms with E-state index in [1.807, 2.05) is 37.3 Å². The first-order chi connectivity index (χ1) is 15.6. The lowest BCUT2D eigenvalue weighted by molar-refractivity contribution is -0.124. The van der Waals surface area contributed by atoms with Crippen LogP contribution in [0.2, 0.25) is 0 Å². The van der Waals surface area contributed by atoms with E-state index in [1.54, 1.807) is 0 Å². The summed E-state index contributed by atoms with van der Waals surface area (Å²) in [6, 6.07) is 14.1. The Balaban J connectivity index is 1.56. The van der Waals surface area contributed by atoms with E-state index in [1.165, 1.54) is 12.8 Å². The summed E-state index contributed by atoms with van der Waals surface area (Å²) in [5.41, 5.74) is 3.96. The summed E-state index contributed by atoms with van der Waals surface area (Å²) in [7, 11) is 0. The van der Waals surface area contributed by atoms with Crippen molar-refractivity contribution in [2.45, 2.75) is 77.1 Å². The average molecular weight is 438 g/mol. The summed E-state index contributed by atoms with van der Waals surface area (Å²) < 4.78 is 11.9. The second kappa shape index (κ2) is 11.0. The van der Waals surface area contributed by atoms with Gasteiger partial charge in [0.25, 0.3) is 0 Å². The molecule has 2 aromatic rings. The molecule has 0 aliphatic heterocycles. The fourth-order valence-corrected chi connectivity index (χ4v) is 4.91. The number of ether oxygens (including phenoxy) is 2. The van der Waals surface area contributed by atoms with Crippen LogP contribution in [-0.2, 0) is 16.1 Å². The van der Waals surface area contributed by atoms with E-state index in [-0.39, 0.29) is 11.8 Å². The minimum absolute atomic E-state index is 0.0917. The summed E-state index contributed by atoms with van der Waals surface area (Å²) >= 11 is 0. The highest BCUT2D eigenvalue weighted by Crippen LogP contribution is 2.32. The quantitative estimate of drug-likeness (QED) is 0.556. The molecular formula is C27H35NO4. The molecule has 0 spiro atoms. The number of benzene rings is 2. The van der Waals surface area contributed by atoms with Crippen molar-refractivity contribution in [3.05, 3.63) is 48.0 Å². The molecule has 0 heterocycles. The first kappa shape index (κ1) is 22.8. The van der Waals surface area contributed by atoms with Gasteiger partial charge in [0, 0.05) is 5.69 Å². The van der Waals surface area contributed by atoms with Gasteiger partial charge in [0.05, 0.1) is 31.3 Å². The maximum absolute atomic E-state index is 12.8. The molecule has 172 valence electrons. The van der Waals surface area contributed by atoms with Crippen LogP contribution in [0.15, 0.2) is 42.5 Å². The number of amides is 1. The number of hydrogen-bond acceptors (Lipinski definition) is 4. The third-order valence-corrected chi connectivity index (χ3v) is 6.67. The summed E-state index contributed by atoms with van der Waals surface area (Å²) in [5, 5.41) is 13.3. The van der Waals surface area contributed by atoms with Gasteiger partial charge >= 0.3 is 0 Å². The Hall–Kier alpha value is -2.37.